The zero-order chi connectivity index (χ0) is 16.6. The van der Waals surface area contributed by atoms with Crippen molar-refractivity contribution in [3.8, 4) is 0 Å². The number of carbonyl (C=O) groups excluding carboxylic acids is 3. The lowest BCUT2D eigenvalue weighted by Crippen LogP contribution is -2.43. The molecule has 22 heavy (non-hydrogen) atoms. The van der Waals surface area contributed by atoms with Crippen molar-refractivity contribution in [1.29, 1.82) is 0 Å². The molecule has 1 fully saturated rings. The van der Waals surface area contributed by atoms with Crippen molar-refractivity contribution in [2.45, 2.75) is 19.9 Å². The van der Waals surface area contributed by atoms with E-state index < -0.39 is 18.0 Å². The minimum atomic E-state index is -0.754. The van der Waals surface area contributed by atoms with Crippen molar-refractivity contribution in [1.82, 2.24) is 9.32 Å². The lowest BCUT2D eigenvalue weighted by molar-refractivity contribution is -0.116. The molecule has 1 saturated heterocycles. The van der Waals surface area contributed by atoms with E-state index in [0.717, 1.165) is 14.2 Å². The highest BCUT2D eigenvalue weighted by Gasteiger charge is 2.42. The van der Waals surface area contributed by atoms with E-state index in [1.54, 1.807) is 26.0 Å². The number of anilines is 1. The first-order valence-corrected chi connectivity index (χ1v) is 7.82. The number of rotatable bonds is 2. The monoisotopic (exact) mass is 407 g/mol. The summed E-state index contributed by atoms with van der Waals surface area (Å²) >= 11 is 15.0. The fraction of sp³-hybridized carbons (Fsp3) is 0.308. The van der Waals surface area contributed by atoms with E-state index in [-0.39, 0.29) is 18.3 Å². The maximum absolute atomic E-state index is 12.4. The van der Waals surface area contributed by atoms with Crippen LogP contribution in [0.2, 0.25) is 5.02 Å². The highest BCUT2D eigenvalue weighted by molar-refractivity contribution is 9.10. The number of hydrogen-bond donors (Lipinski definition) is 0. The Kier molecular flexibility index (Phi) is 4.99. The van der Waals surface area contributed by atoms with Gasteiger partial charge < -0.3 is 0 Å². The molecule has 0 unspecified atom stereocenters. The van der Waals surface area contributed by atoms with Crippen molar-refractivity contribution in [2.75, 3.05) is 11.4 Å². The summed E-state index contributed by atoms with van der Waals surface area (Å²) in [6.07, 6.45) is 0. The van der Waals surface area contributed by atoms with Gasteiger partial charge in [0.05, 0.1) is 5.69 Å². The van der Waals surface area contributed by atoms with Crippen LogP contribution in [0.3, 0.4) is 0 Å². The van der Waals surface area contributed by atoms with E-state index in [4.69, 9.17) is 23.4 Å². The molecule has 0 saturated carbocycles. The Hall–Kier alpha value is -1.31. The molecule has 0 atom stereocenters. The zero-order valence-corrected chi connectivity index (χ0v) is 14.8. The van der Waals surface area contributed by atoms with Crippen molar-refractivity contribution < 1.29 is 14.4 Å². The minimum absolute atomic E-state index is 0.287. The molecule has 0 spiro atoms. The topological polar surface area (TPSA) is 60.9 Å². The molecule has 0 N–H and O–H groups in total. The van der Waals surface area contributed by atoms with E-state index in [1.165, 1.54) is 6.07 Å². The van der Waals surface area contributed by atoms with E-state index in [9.17, 15) is 14.4 Å². The van der Waals surface area contributed by atoms with Gasteiger partial charge in [-0.1, -0.05) is 27.5 Å². The van der Waals surface area contributed by atoms with Gasteiger partial charge in [0.15, 0.2) is 0 Å². The standard InChI is InChI=1S/C13H12BrCl2N3O3/c1-7(2)19(16)13(22)17-6-11(20)18(12(17)21)10-4-8(14)3-9(15)5-10/h3-5,7H,6H2,1-2H3. The number of benzene rings is 1. The quantitative estimate of drug-likeness (QED) is 0.551. The second-order valence-corrected chi connectivity index (χ2v) is 6.63. The lowest BCUT2D eigenvalue weighted by Gasteiger charge is -2.23. The first-order chi connectivity index (χ1) is 10.2. The van der Waals surface area contributed by atoms with Gasteiger partial charge in [-0.2, -0.15) is 0 Å². The number of hydrogen-bond acceptors (Lipinski definition) is 3. The lowest BCUT2D eigenvalue weighted by atomic mass is 10.3. The maximum atomic E-state index is 12.4. The van der Waals surface area contributed by atoms with Crippen LogP contribution in [0.1, 0.15) is 13.8 Å². The summed E-state index contributed by atoms with van der Waals surface area (Å²) < 4.78 is 1.49. The average Bonchev–Trinajstić information content (AvgIpc) is 2.71. The molecule has 0 bridgehead atoms. The smallest absolute Gasteiger partial charge is 0.272 e. The van der Waals surface area contributed by atoms with Gasteiger partial charge in [-0.15, -0.1) is 0 Å². The number of nitrogens with zero attached hydrogens (tertiary/aromatic N) is 3. The average molecular weight is 409 g/mol. The van der Waals surface area contributed by atoms with Crippen LogP contribution in [0, 0.1) is 0 Å². The number of halogens is 3. The Morgan fingerprint density at radius 2 is 1.95 bits per heavy atom. The summed E-state index contributed by atoms with van der Waals surface area (Å²) in [5, 5.41) is 0.357. The molecular formula is C13H12BrCl2N3O3. The maximum Gasteiger partial charge on any atom is 0.343 e. The number of urea groups is 2. The van der Waals surface area contributed by atoms with Crippen LogP contribution < -0.4 is 4.90 Å². The van der Waals surface area contributed by atoms with Crippen LogP contribution in [-0.4, -0.2) is 39.9 Å². The van der Waals surface area contributed by atoms with E-state index >= 15 is 0 Å². The van der Waals surface area contributed by atoms with Crippen LogP contribution in [-0.2, 0) is 4.79 Å². The summed E-state index contributed by atoms with van der Waals surface area (Å²) in [6, 6.07) is 2.85. The summed E-state index contributed by atoms with van der Waals surface area (Å²) in [5.41, 5.74) is 0.287. The van der Waals surface area contributed by atoms with E-state index in [2.05, 4.69) is 15.9 Å². The molecule has 1 aliphatic rings. The predicted molar refractivity (Wildman–Crippen MR) is 87.0 cm³/mol. The van der Waals surface area contributed by atoms with Crippen LogP contribution in [0.15, 0.2) is 22.7 Å². The molecule has 0 aliphatic carbocycles. The van der Waals surface area contributed by atoms with Crippen molar-refractivity contribution in [2.24, 2.45) is 0 Å². The van der Waals surface area contributed by atoms with Gasteiger partial charge in [0.1, 0.15) is 6.54 Å². The molecule has 1 aromatic rings. The third-order valence-corrected chi connectivity index (χ3v) is 4.15. The largest absolute Gasteiger partial charge is 0.343 e. The zero-order valence-electron chi connectivity index (χ0n) is 11.7. The van der Waals surface area contributed by atoms with Crippen LogP contribution in [0.5, 0.6) is 0 Å². The van der Waals surface area contributed by atoms with E-state index in [1.807, 2.05) is 0 Å². The van der Waals surface area contributed by atoms with Gasteiger partial charge >= 0.3 is 12.1 Å². The molecule has 2 rings (SSSR count). The molecule has 9 heteroatoms. The van der Waals surface area contributed by atoms with Gasteiger partial charge in [0, 0.05) is 27.3 Å². The first-order valence-electron chi connectivity index (χ1n) is 6.32. The Balaban J connectivity index is 2.31. The molecule has 118 valence electrons. The number of imide groups is 2. The predicted octanol–water partition coefficient (Wildman–Crippen LogP) is 3.86. The van der Waals surface area contributed by atoms with Crippen LogP contribution >= 0.6 is 39.3 Å². The third kappa shape index (κ3) is 3.21. The molecule has 1 aliphatic heterocycles. The van der Waals surface area contributed by atoms with Gasteiger partial charge in [-0.05, 0) is 32.0 Å². The fourth-order valence-electron chi connectivity index (χ4n) is 1.91. The second kappa shape index (κ2) is 6.44. The van der Waals surface area contributed by atoms with Gasteiger partial charge in [0.25, 0.3) is 5.91 Å². The summed E-state index contributed by atoms with van der Waals surface area (Å²) in [5.74, 6) is -0.527. The molecule has 1 aromatic carbocycles. The first kappa shape index (κ1) is 17.1. The summed E-state index contributed by atoms with van der Waals surface area (Å²) in [4.78, 5) is 38.3. The van der Waals surface area contributed by atoms with Crippen molar-refractivity contribution in [3.05, 3.63) is 27.7 Å². The van der Waals surface area contributed by atoms with Crippen molar-refractivity contribution >= 4 is 63.0 Å². The van der Waals surface area contributed by atoms with Gasteiger partial charge in [-0.25, -0.2) is 23.8 Å². The Morgan fingerprint density at radius 1 is 1.32 bits per heavy atom. The highest BCUT2D eigenvalue weighted by Crippen LogP contribution is 2.29. The summed E-state index contributed by atoms with van der Waals surface area (Å²) in [6.45, 7) is 3.02. The fourth-order valence-corrected chi connectivity index (χ4v) is 2.84. The molecule has 0 radical (unpaired) electrons. The van der Waals surface area contributed by atoms with Crippen LogP contribution in [0.25, 0.3) is 0 Å². The van der Waals surface area contributed by atoms with Crippen molar-refractivity contribution in [3.63, 3.8) is 0 Å². The van der Waals surface area contributed by atoms with Crippen LogP contribution in [0.4, 0.5) is 15.3 Å². The third-order valence-electron chi connectivity index (χ3n) is 2.94. The molecule has 0 aromatic heterocycles. The highest BCUT2D eigenvalue weighted by atomic mass is 79.9. The number of carbonyl (C=O) groups is 3. The van der Waals surface area contributed by atoms with Gasteiger partial charge in [0.2, 0.25) is 0 Å². The molecule has 5 amide bonds. The Bertz CT molecular complexity index is 633. The number of amides is 5. The SMILES string of the molecule is CC(C)N(Cl)C(=O)N1CC(=O)N(c2cc(Cl)cc(Br)c2)C1=O. The second-order valence-electron chi connectivity index (χ2n) is 4.91. The van der Waals surface area contributed by atoms with Gasteiger partial charge in [-0.3, -0.25) is 4.79 Å². The normalized spacial score (nSPS) is 15.0. The molecular weight excluding hydrogens is 397 g/mol. The Morgan fingerprint density at radius 3 is 2.50 bits per heavy atom. The Labute approximate surface area is 145 Å². The molecule has 1 heterocycles. The molecule has 6 nitrogen and oxygen atoms in total. The minimum Gasteiger partial charge on any atom is -0.272 e. The summed E-state index contributed by atoms with van der Waals surface area (Å²) in [7, 11) is 0. The van der Waals surface area contributed by atoms with E-state index in [0.29, 0.717) is 9.50 Å².